The summed E-state index contributed by atoms with van der Waals surface area (Å²) in [6, 6.07) is 2.33. The first-order chi connectivity index (χ1) is 10.6. The lowest BCUT2D eigenvalue weighted by molar-refractivity contribution is -0.130. The van der Waals surface area contributed by atoms with Crippen LogP contribution in [0.3, 0.4) is 0 Å². The molecule has 22 heavy (non-hydrogen) atoms. The second-order valence-electron chi connectivity index (χ2n) is 6.79. The normalized spacial score (nSPS) is 20.0. The van der Waals surface area contributed by atoms with Crippen LogP contribution in [0.25, 0.3) is 0 Å². The number of rotatable bonds is 7. The van der Waals surface area contributed by atoms with Gasteiger partial charge >= 0.3 is 0 Å². The molecule has 1 atom stereocenters. The molecule has 1 saturated heterocycles. The van der Waals surface area contributed by atoms with E-state index < -0.39 is 0 Å². The summed E-state index contributed by atoms with van der Waals surface area (Å²) >= 11 is 0. The van der Waals surface area contributed by atoms with Gasteiger partial charge in [-0.3, -0.25) is 9.69 Å². The Balaban J connectivity index is 1.81. The van der Waals surface area contributed by atoms with E-state index in [1.54, 1.807) is 6.20 Å². The molecule has 0 radical (unpaired) electrons. The number of aromatic nitrogens is 1. The summed E-state index contributed by atoms with van der Waals surface area (Å²) < 4.78 is 5.17. The van der Waals surface area contributed by atoms with E-state index in [9.17, 15) is 4.79 Å². The Bertz CT molecular complexity index is 445. The third-order valence-electron chi connectivity index (χ3n) is 4.51. The predicted molar refractivity (Wildman–Crippen MR) is 86.3 cm³/mol. The number of likely N-dealkylation sites (tertiary alicyclic amines) is 1. The van der Waals surface area contributed by atoms with Gasteiger partial charge in [0.15, 0.2) is 5.76 Å². The zero-order chi connectivity index (χ0) is 15.9. The van der Waals surface area contributed by atoms with Crippen molar-refractivity contribution >= 4 is 5.91 Å². The van der Waals surface area contributed by atoms with E-state index >= 15 is 0 Å². The quantitative estimate of drug-likeness (QED) is 0.777. The summed E-state index contributed by atoms with van der Waals surface area (Å²) in [5, 5.41) is 3.75. The van der Waals surface area contributed by atoms with Crippen molar-refractivity contribution in [3.05, 3.63) is 18.0 Å². The highest BCUT2D eigenvalue weighted by atomic mass is 16.5. The molecule has 5 nitrogen and oxygen atoms in total. The van der Waals surface area contributed by atoms with Crippen LogP contribution in [-0.2, 0) is 11.3 Å². The fraction of sp³-hybridized carbons (Fsp3) is 0.765. The molecular formula is C17H29N3O2. The second kappa shape index (κ2) is 8.32. The van der Waals surface area contributed by atoms with Crippen molar-refractivity contribution in [2.24, 2.45) is 5.92 Å². The van der Waals surface area contributed by atoms with Crippen molar-refractivity contribution in [3.63, 3.8) is 0 Å². The van der Waals surface area contributed by atoms with Gasteiger partial charge in [0.1, 0.15) is 0 Å². The minimum atomic E-state index is 0.319. The van der Waals surface area contributed by atoms with Crippen molar-refractivity contribution < 1.29 is 9.32 Å². The number of nitrogens with zero attached hydrogens (tertiary/aromatic N) is 3. The standard InChI is InChI=1S/C17H29N3O2/c1-14(2)5-4-11-20-12-9-15(6-7-17(20)21)19(3)13-16-8-10-18-22-16/h8,10,14-15H,4-7,9,11-13H2,1-3H3. The molecule has 1 unspecified atom stereocenters. The third-order valence-corrected chi connectivity index (χ3v) is 4.51. The van der Waals surface area contributed by atoms with Crippen molar-refractivity contribution in [1.82, 2.24) is 15.0 Å². The van der Waals surface area contributed by atoms with Gasteiger partial charge in [-0.05, 0) is 38.6 Å². The number of amides is 1. The molecule has 1 aliphatic rings. The number of carbonyl (C=O) groups is 1. The molecule has 0 aromatic carbocycles. The molecule has 1 fully saturated rings. The molecule has 5 heteroatoms. The molecule has 0 spiro atoms. The van der Waals surface area contributed by atoms with E-state index in [0.717, 1.165) is 44.7 Å². The smallest absolute Gasteiger partial charge is 0.222 e. The Kier molecular flexibility index (Phi) is 6.43. The Labute approximate surface area is 133 Å². The molecule has 1 aromatic heterocycles. The molecule has 0 bridgehead atoms. The van der Waals surface area contributed by atoms with E-state index in [-0.39, 0.29) is 0 Å². The molecule has 0 N–H and O–H groups in total. The summed E-state index contributed by atoms with van der Waals surface area (Å²) in [7, 11) is 2.10. The number of hydrogen-bond acceptors (Lipinski definition) is 4. The highest BCUT2D eigenvalue weighted by Crippen LogP contribution is 2.19. The first-order valence-electron chi connectivity index (χ1n) is 8.44. The molecular weight excluding hydrogens is 278 g/mol. The maximum atomic E-state index is 12.3. The Morgan fingerprint density at radius 2 is 2.27 bits per heavy atom. The molecule has 1 aliphatic heterocycles. The van der Waals surface area contributed by atoms with E-state index in [1.807, 2.05) is 6.07 Å². The summed E-state index contributed by atoms with van der Waals surface area (Å²) in [5.41, 5.74) is 0. The predicted octanol–water partition coefficient (Wildman–Crippen LogP) is 2.92. The maximum absolute atomic E-state index is 12.3. The fourth-order valence-corrected chi connectivity index (χ4v) is 3.09. The van der Waals surface area contributed by atoms with E-state index in [2.05, 4.69) is 35.9 Å². The van der Waals surface area contributed by atoms with Gasteiger partial charge in [-0.2, -0.15) is 0 Å². The van der Waals surface area contributed by atoms with Gasteiger partial charge in [-0.1, -0.05) is 19.0 Å². The van der Waals surface area contributed by atoms with Crippen LogP contribution in [0, 0.1) is 5.92 Å². The van der Waals surface area contributed by atoms with Crippen LogP contribution >= 0.6 is 0 Å². The number of carbonyl (C=O) groups excluding carboxylic acids is 1. The van der Waals surface area contributed by atoms with Crippen LogP contribution in [0.4, 0.5) is 0 Å². The monoisotopic (exact) mass is 307 g/mol. The minimum absolute atomic E-state index is 0.319. The van der Waals surface area contributed by atoms with E-state index in [0.29, 0.717) is 24.3 Å². The minimum Gasteiger partial charge on any atom is -0.360 e. The van der Waals surface area contributed by atoms with Crippen LogP contribution in [0.2, 0.25) is 0 Å². The largest absolute Gasteiger partial charge is 0.360 e. The maximum Gasteiger partial charge on any atom is 0.222 e. The molecule has 0 aliphatic carbocycles. The fourth-order valence-electron chi connectivity index (χ4n) is 3.09. The van der Waals surface area contributed by atoms with Gasteiger partial charge in [0, 0.05) is 31.6 Å². The van der Waals surface area contributed by atoms with Crippen LogP contribution < -0.4 is 0 Å². The van der Waals surface area contributed by atoms with Crippen LogP contribution in [0.5, 0.6) is 0 Å². The van der Waals surface area contributed by atoms with Gasteiger partial charge in [0.25, 0.3) is 0 Å². The first kappa shape index (κ1) is 17.0. The van der Waals surface area contributed by atoms with Crippen LogP contribution in [-0.4, -0.2) is 47.0 Å². The average Bonchev–Trinajstić information content (AvgIpc) is 2.90. The molecule has 0 saturated carbocycles. The molecule has 1 aromatic rings. The Hall–Kier alpha value is -1.36. The van der Waals surface area contributed by atoms with Gasteiger partial charge in [0.05, 0.1) is 12.7 Å². The van der Waals surface area contributed by atoms with E-state index in [4.69, 9.17) is 4.52 Å². The lowest BCUT2D eigenvalue weighted by Crippen LogP contribution is -2.33. The van der Waals surface area contributed by atoms with Gasteiger partial charge in [-0.15, -0.1) is 0 Å². The third kappa shape index (κ3) is 5.13. The van der Waals surface area contributed by atoms with Crippen molar-refractivity contribution in [3.8, 4) is 0 Å². The van der Waals surface area contributed by atoms with Crippen LogP contribution in [0.15, 0.2) is 16.8 Å². The first-order valence-corrected chi connectivity index (χ1v) is 8.44. The summed E-state index contributed by atoms with van der Waals surface area (Å²) in [6.45, 7) is 7.02. The van der Waals surface area contributed by atoms with E-state index in [1.165, 1.54) is 6.42 Å². The van der Waals surface area contributed by atoms with Crippen molar-refractivity contribution in [2.75, 3.05) is 20.1 Å². The highest BCUT2D eigenvalue weighted by molar-refractivity contribution is 5.76. The van der Waals surface area contributed by atoms with Crippen molar-refractivity contribution in [2.45, 2.75) is 58.5 Å². The van der Waals surface area contributed by atoms with Gasteiger partial charge < -0.3 is 9.42 Å². The molecule has 1 amide bonds. The van der Waals surface area contributed by atoms with Crippen molar-refractivity contribution in [1.29, 1.82) is 0 Å². The summed E-state index contributed by atoms with van der Waals surface area (Å²) in [4.78, 5) is 16.6. The Morgan fingerprint density at radius 3 is 2.95 bits per heavy atom. The molecule has 2 rings (SSSR count). The molecule has 2 heterocycles. The topological polar surface area (TPSA) is 49.6 Å². The zero-order valence-corrected chi connectivity index (χ0v) is 14.1. The van der Waals surface area contributed by atoms with Crippen LogP contribution in [0.1, 0.15) is 51.7 Å². The average molecular weight is 307 g/mol. The second-order valence-corrected chi connectivity index (χ2v) is 6.79. The zero-order valence-electron chi connectivity index (χ0n) is 14.1. The SMILES string of the molecule is CC(C)CCCN1CCC(N(C)Cc2ccno2)CCC1=O. The van der Waals surface area contributed by atoms with Gasteiger partial charge in [-0.25, -0.2) is 0 Å². The lowest BCUT2D eigenvalue weighted by atomic mass is 10.1. The number of hydrogen-bond donors (Lipinski definition) is 0. The lowest BCUT2D eigenvalue weighted by Gasteiger charge is -2.26. The summed E-state index contributed by atoms with van der Waals surface area (Å²) in [6.07, 6.45) is 6.62. The molecule has 124 valence electrons. The van der Waals surface area contributed by atoms with Gasteiger partial charge in [0.2, 0.25) is 5.91 Å². The highest BCUT2D eigenvalue weighted by Gasteiger charge is 2.25. The Morgan fingerprint density at radius 1 is 1.45 bits per heavy atom. The summed E-state index contributed by atoms with van der Waals surface area (Å²) in [5.74, 6) is 1.91.